The molecule has 1 heterocycles. The highest BCUT2D eigenvalue weighted by Crippen LogP contribution is 2.22. The van der Waals surface area contributed by atoms with E-state index in [9.17, 15) is 4.79 Å². The molecule has 0 bridgehead atoms. The second-order valence-electron chi connectivity index (χ2n) is 4.03. The van der Waals surface area contributed by atoms with E-state index in [0.29, 0.717) is 16.5 Å². The quantitative estimate of drug-likeness (QED) is 0.485. The van der Waals surface area contributed by atoms with Gasteiger partial charge < -0.3 is 10.4 Å². The first-order chi connectivity index (χ1) is 8.43. The lowest BCUT2D eigenvalue weighted by Crippen LogP contribution is -2.14. The molecule has 0 amide bonds. The van der Waals surface area contributed by atoms with Gasteiger partial charge in [-0.15, -0.1) is 0 Å². The summed E-state index contributed by atoms with van der Waals surface area (Å²) in [6, 6.07) is 0.214. The highest BCUT2D eigenvalue weighted by molar-refractivity contribution is 7.98. The fourth-order valence-corrected chi connectivity index (χ4v) is 1.80. The number of carboxylic acids is 1. The Balaban J connectivity index is 3.23. The maximum absolute atomic E-state index is 10.6. The molecule has 0 aromatic carbocycles. The van der Waals surface area contributed by atoms with Gasteiger partial charge in [0.05, 0.1) is 5.69 Å². The van der Waals surface area contributed by atoms with Crippen molar-refractivity contribution >= 4 is 29.6 Å². The molecule has 0 unspecified atom stereocenters. The lowest BCUT2D eigenvalue weighted by molar-refractivity contribution is -0.131. The maximum atomic E-state index is 10.6. The van der Waals surface area contributed by atoms with Crippen LogP contribution in [0.3, 0.4) is 0 Å². The van der Waals surface area contributed by atoms with Crippen LogP contribution in [0.5, 0.6) is 0 Å². The molecule has 5 nitrogen and oxygen atoms in total. The molecular formula is C12H17N3O2S. The van der Waals surface area contributed by atoms with Crippen LogP contribution in [0.25, 0.3) is 6.08 Å². The molecule has 0 aliphatic rings. The summed E-state index contributed by atoms with van der Waals surface area (Å²) in [6.45, 7) is 5.84. The Morgan fingerprint density at radius 1 is 1.44 bits per heavy atom. The Bertz CT molecular complexity index is 473. The van der Waals surface area contributed by atoms with Crippen molar-refractivity contribution in [1.82, 2.24) is 9.97 Å². The average molecular weight is 267 g/mol. The minimum atomic E-state index is -0.987. The van der Waals surface area contributed by atoms with Gasteiger partial charge >= 0.3 is 5.97 Å². The van der Waals surface area contributed by atoms with Crippen LogP contribution >= 0.6 is 11.8 Å². The number of aromatic nitrogens is 2. The van der Waals surface area contributed by atoms with Crippen molar-refractivity contribution in [2.75, 3.05) is 11.6 Å². The summed E-state index contributed by atoms with van der Waals surface area (Å²) in [6.07, 6.45) is 4.52. The highest BCUT2D eigenvalue weighted by atomic mass is 32.2. The Hall–Kier alpha value is -1.56. The Labute approximate surface area is 111 Å². The molecule has 2 N–H and O–H groups in total. The van der Waals surface area contributed by atoms with Crippen molar-refractivity contribution in [2.24, 2.45) is 0 Å². The number of anilines is 1. The van der Waals surface area contributed by atoms with Gasteiger partial charge in [0.2, 0.25) is 0 Å². The van der Waals surface area contributed by atoms with Gasteiger partial charge in [0.1, 0.15) is 5.82 Å². The van der Waals surface area contributed by atoms with E-state index in [1.165, 1.54) is 17.8 Å². The summed E-state index contributed by atoms with van der Waals surface area (Å²) in [4.78, 5) is 19.3. The van der Waals surface area contributed by atoms with E-state index in [4.69, 9.17) is 5.11 Å². The van der Waals surface area contributed by atoms with Crippen LogP contribution in [0.1, 0.15) is 25.1 Å². The molecule has 1 aromatic heterocycles. The Kier molecular flexibility index (Phi) is 5.15. The smallest absolute Gasteiger partial charge is 0.328 e. The third kappa shape index (κ3) is 4.03. The average Bonchev–Trinajstić information content (AvgIpc) is 2.26. The van der Waals surface area contributed by atoms with Gasteiger partial charge in [-0.1, -0.05) is 11.8 Å². The summed E-state index contributed by atoms with van der Waals surface area (Å²) in [7, 11) is 0. The molecule has 0 saturated heterocycles. The molecule has 0 aliphatic carbocycles. The van der Waals surface area contributed by atoms with Crippen molar-refractivity contribution in [3.05, 3.63) is 17.3 Å². The number of nitrogens with zero attached hydrogens (tertiary/aromatic N) is 2. The number of nitrogens with one attached hydrogen (secondary N) is 1. The van der Waals surface area contributed by atoms with Crippen LogP contribution in [0.15, 0.2) is 11.2 Å². The number of aryl methyl sites for hydroxylation is 1. The molecule has 0 saturated carbocycles. The van der Waals surface area contributed by atoms with E-state index in [0.717, 1.165) is 11.8 Å². The van der Waals surface area contributed by atoms with E-state index in [1.807, 2.05) is 27.0 Å². The van der Waals surface area contributed by atoms with Crippen LogP contribution in [0, 0.1) is 6.92 Å². The van der Waals surface area contributed by atoms with Crippen LogP contribution < -0.4 is 5.32 Å². The second-order valence-corrected chi connectivity index (χ2v) is 4.80. The van der Waals surface area contributed by atoms with E-state index in [-0.39, 0.29) is 6.04 Å². The topological polar surface area (TPSA) is 75.1 Å². The number of aliphatic carboxylic acids is 1. The number of carboxylic acid groups (broad SMARTS) is 1. The van der Waals surface area contributed by atoms with Gasteiger partial charge in [-0.2, -0.15) is 0 Å². The fourth-order valence-electron chi connectivity index (χ4n) is 1.38. The number of thioether (sulfide) groups is 1. The molecular weight excluding hydrogens is 250 g/mol. The fraction of sp³-hybridized carbons (Fsp3) is 0.417. The van der Waals surface area contributed by atoms with Crippen molar-refractivity contribution in [3.8, 4) is 0 Å². The zero-order valence-corrected chi connectivity index (χ0v) is 11.7. The predicted molar refractivity (Wildman–Crippen MR) is 74.0 cm³/mol. The summed E-state index contributed by atoms with van der Waals surface area (Å²) >= 11 is 1.45. The zero-order valence-electron chi connectivity index (χ0n) is 10.9. The van der Waals surface area contributed by atoms with Gasteiger partial charge in [0.25, 0.3) is 0 Å². The van der Waals surface area contributed by atoms with Gasteiger partial charge in [-0.05, 0) is 33.1 Å². The maximum Gasteiger partial charge on any atom is 0.328 e. The first kappa shape index (κ1) is 14.5. The Morgan fingerprint density at radius 2 is 2.11 bits per heavy atom. The summed E-state index contributed by atoms with van der Waals surface area (Å²) in [5, 5.41) is 12.6. The molecule has 1 aromatic rings. The Morgan fingerprint density at radius 3 is 2.61 bits per heavy atom. The summed E-state index contributed by atoms with van der Waals surface area (Å²) in [5.74, 6) is -0.321. The first-order valence-corrected chi connectivity index (χ1v) is 6.76. The third-order valence-electron chi connectivity index (χ3n) is 2.12. The van der Waals surface area contributed by atoms with Crippen LogP contribution in [0.4, 0.5) is 5.82 Å². The largest absolute Gasteiger partial charge is 0.478 e. The van der Waals surface area contributed by atoms with E-state index >= 15 is 0 Å². The highest BCUT2D eigenvalue weighted by Gasteiger charge is 2.10. The van der Waals surface area contributed by atoms with Crippen molar-refractivity contribution in [1.29, 1.82) is 0 Å². The van der Waals surface area contributed by atoms with Crippen molar-refractivity contribution in [2.45, 2.75) is 32.0 Å². The molecule has 0 fully saturated rings. The van der Waals surface area contributed by atoms with Gasteiger partial charge in [-0.3, -0.25) is 0 Å². The van der Waals surface area contributed by atoms with E-state index in [2.05, 4.69) is 15.3 Å². The molecule has 18 heavy (non-hydrogen) atoms. The molecule has 0 atom stereocenters. The monoisotopic (exact) mass is 267 g/mol. The summed E-state index contributed by atoms with van der Waals surface area (Å²) < 4.78 is 0. The molecule has 0 radical (unpaired) electrons. The lowest BCUT2D eigenvalue weighted by atomic mass is 10.2. The molecule has 98 valence electrons. The molecule has 6 heteroatoms. The summed E-state index contributed by atoms with van der Waals surface area (Å²) in [5.41, 5.74) is 1.47. The second kappa shape index (κ2) is 6.39. The normalized spacial score (nSPS) is 11.2. The lowest BCUT2D eigenvalue weighted by Gasteiger charge is -2.14. The van der Waals surface area contributed by atoms with Crippen molar-refractivity contribution in [3.63, 3.8) is 0 Å². The molecule has 0 aliphatic heterocycles. The molecule has 1 rings (SSSR count). The number of rotatable bonds is 5. The van der Waals surface area contributed by atoms with E-state index < -0.39 is 5.97 Å². The van der Waals surface area contributed by atoms with E-state index in [1.54, 1.807) is 0 Å². The minimum Gasteiger partial charge on any atom is -0.478 e. The van der Waals surface area contributed by atoms with Crippen LogP contribution in [-0.4, -0.2) is 33.3 Å². The SMILES string of the molecule is CSc1nc(C)c(C=CC(=O)O)c(NC(C)C)n1. The third-order valence-corrected chi connectivity index (χ3v) is 2.66. The van der Waals surface area contributed by atoms with Crippen LogP contribution in [0.2, 0.25) is 0 Å². The predicted octanol–water partition coefficient (Wildman–Crippen LogP) is 2.43. The van der Waals surface area contributed by atoms with Crippen molar-refractivity contribution < 1.29 is 9.90 Å². The zero-order chi connectivity index (χ0) is 13.7. The van der Waals surface area contributed by atoms with Gasteiger partial charge in [0, 0.05) is 17.7 Å². The standard InChI is InChI=1S/C12H17N3O2S/c1-7(2)13-11-9(5-6-10(16)17)8(3)14-12(15-11)18-4/h5-7H,1-4H3,(H,16,17)(H,13,14,15). The first-order valence-electron chi connectivity index (χ1n) is 5.54. The van der Waals surface area contributed by atoms with Gasteiger partial charge in [-0.25, -0.2) is 14.8 Å². The minimum absolute atomic E-state index is 0.214. The number of carbonyl (C=O) groups is 1. The number of hydrogen-bond donors (Lipinski definition) is 2. The number of hydrogen-bond acceptors (Lipinski definition) is 5. The molecule has 0 spiro atoms. The van der Waals surface area contributed by atoms with Gasteiger partial charge in [0.15, 0.2) is 5.16 Å². The van der Waals surface area contributed by atoms with Crippen LogP contribution in [-0.2, 0) is 4.79 Å².